The molecule has 1 heterocycles. The Hall–Kier alpha value is -0.980. The van der Waals surface area contributed by atoms with Crippen LogP contribution in [0.4, 0.5) is 0 Å². The van der Waals surface area contributed by atoms with Crippen molar-refractivity contribution in [2.24, 2.45) is 0 Å². The van der Waals surface area contributed by atoms with E-state index in [1.807, 2.05) is 12.1 Å². The summed E-state index contributed by atoms with van der Waals surface area (Å²) in [6, 6.07) is 8.23. The number of rotatable bonds is 4. The van der Waals surface area contributed by atoms with Gasteiger partial charge < -0.3 is 0 Å². The van der Waals surface area contributed by atoms with Crippen molar-refractivity contribution >= 4 is 33.3 Å². The van der Waals surface area contributed by atoms with Gasteiger partial charge in [-0.15, -0.1) is 23.7 Å². The molecule has 76 valence electrons. The number of terminal acetylenes is 1. The van der Waals surface area contributed by atoms with Gasteiger partial charge in [-0.3, -0.25) is 0 Å². The average molecular weight is 233 g/mol. The van der Waals surface area contributed by atoms with Crippen LogP contribution in [-0.2, 0) is 0 Å². The molecule has 0 atom stereocenters. The zero-order valence-corrected chi connectivity index (χ0v) is 9.90. The molecule has 0 saturated heterocycles. The molecular weight excluding hydrogens is 222 g/mol. The van der Waals surface area contributed by atoms with Crippen molar-refractivity contribution in [1.29, 1.82) is 0 Å². The van der Waals surface area contributed by atoms with E-state index in [1.165, 1.54) is 4.70 Å². The van der Waals surface area contributed by atoms with Crippen molar-refractivity contribution in [3.8, 4) is 12.3 Å². The summed E-state index contributed by atoms with van der Waals surface area (Å²) in [4.78, 5) is 4.54. The van der Waals surface area contributed by atoms with Crippen LogP contribution in [0.25, 0.3) is 10.2 Å². The first-order valence-electron chi connectivity index (χ1n) is 4.82. The molecule has 0 amide bonds. The molecule has 15 heavy (non-hydrogen) atoms. The van der Waals surface area contributed by atoms with E-state index in [-0.39, 0.29) is 0 Å². The average Bonchev–Trinajstić information content (AvgIpc) is 2.67. The molecule has 0 N–H and O–H groups in total. The van der Waals surface area contributed by atoms with Crippen molar-refractivity contribution < 1.29 is 0 Å². The lowest BCUT2D eigenvalue weighted by molar-refractivity contribution is 0.997. The highest BCUT2D eigenvalue weighted by molar-refractivity contribution is 8.01. The van der Waals surface area contributed by atoms with Gasteiger partial charge >= 0.3 is 0 Å². The van der Waals surface area contributed by atoms with Gasteiger partial charge in [-0.05, 0) is 18.6 Å². The summed E-state index contributed by atoms with van der Waals surface area (Å²) in [6.07, 6.45) is 7.12. The molecule has 0 aliphatic heterocycles. The Labute approximate surface area is 97.9 Å². The zero-order chi connectivity index (χ0) is 10.5. The molecule has 0 bridgehead atoms. The van der Waals surface area contributed by atoms with Gasteiger partial charge in [-0.2, -0.15) is 0 Å². The number of thiazole rings is 1. The molecule has 0 saturated carbocycles. The number of hydrogen-bond donors (Lipinski definition) is 0. The molecule has 0 aliphatic carbocycles. The number of aromatic nitrogens is 1. The van der Waals surface area contributed by atoms with Crippen molar-refractivity contribution in [2.75, 3.05) is 5.75 Å². The minimum Gasteiger partial charge on any atom is -0.230 e. The second-order valence-corrected chi connectivity index (χ2v) is 5.48. The second-order valence-electron chi connectivity index (χ2n) is 3.10. The first kappa shape index (κ1) is 10.5. The Kier molecular flexibility index (Phi) is 3.65. The fraction of sp³-hybridized carbons (Fsp3) is 0.250. The van der Waals surface area contributed by atoms with Crippen LogP contribution in [-0.4, -0.2) is 10.7 Å². The van der Waals surface area contributed by atoms with E-state index in [1.54, 1.807) is 23.1 Å². The summed E-state index contributed by atoms with van der Waals surface area (Å²) in [5, 5.41) is 0. The molecule has 1 aromatic heterocycles. The molecule has 0 radical (unpaired) electrons. The van der Waals surface area contributed by atoms with Crippen LogP contribution in [0.15, 0.2) is 28.6 Å². The third-order valence-electron chi connectivity index (χ3n) is 1.97. The SMILES string of the molecule is C#CCCCSc1nc2ccccc2s1. The topological polar surface area (TPSA) is 12.9 Å². The predicted octanol–water partition coefficient (Wildman–Crippen LogP) is 3.80. The summed E-state index contributed by atoms with van der Waals surface area (Å²) in [6.45, 7) is 0. The Bertz CT molecular complexity index is 449. The lowest BCUT2D eigenvalue weighted by atomic mass is 10.3. The summed E-state index contributed by atoms with van der Waals surface area (Å²) < 4.78 is 2.41. The summed E-state index contributed by atoms with van der Waals surface area (Å²) in [5.41, 5.74) is 1.10. The maximum Gasteiger partial charge on any atom is 0.151 e. The summed E-state index contributed by atoms with van der Waals surface area (Å²) in [5.74, 6) is 3.71. The highest BCUT2D eigenvalue weighted by Gasteiger charge is 2.02. The Morgan fingerprint density at radius 3 is 3.07 bits per heavy atom. The lowest BCUT2D eigenvalue weighted by Crippen LogP contribution is -1.77. The number of thioether (sulfide) groups is 1. The normalized spacial score (nSPS) is 10.3. The molecule has 3 heteroatoms. The fourth-order valence-electron chi connectivity index (χ4n) is 1.25. The van der Waals surface area contributed by atoms with Crippen LogP contribution in [0, 0.1) is 12.3 Å². The molecule has 0 fully saturated rings. The monoisotopic (exact) mass is 233 g/mol. The Balaban J connectivity index is 2.00. The largest absolute Gasteiger partial charge is 0.230 e. The van der Waals surface area contributed by atoms with Gasteiger partial charge in [0.1, 0.15) is 0 Å². The zero-order valence-electron chi connectivity index (χ0n) is 8.27. The fourth-order valence-corrected chi connectivity index (χ4v) is 3.32. The molecule has 0 unspecified atom stereocenters. The van der Waals surface area contributed by atoms with E-state index in [0.29, 0.717) is 0 Å². The third kappa shape index (κ3) is 2.74. The van der Waals surface area contributed by atoms with E-state index < -0.39 is 0 Å². The van der Waals surface area contributed by atoms with Crippen LogP contribution in [0.2, 0.25) is 0 Å². The first-order valence-corrected chi connectivity index (χ1v) is 6.62. The van der Waals surface area contributed by atoms with Gasteiger partial charge in [0, 0.05) is 12.2 Å². The second kappa shape index (κ2) is 5.20. The van der Waals surface area contributed by atoms with Crippen molar-refractivity contribution in [3.63, 3.8) is 0 Å². The van der Waals surface area contributed by atoms with Crippen LogP contribution < -0.4 is 0 Å². The molecule has 2 rings (SSSR count). The van der Waals surface area contributed by atoms with E-state index in [0.717, 1.165) is 28.5 Å². The van der Waals surface area contributed by atoms with Crippen molar-refractivity contribution in [1.82, 2.24) is 4.98 Å². The molecule has 2 aromatic rings. The highest BCUT2D eigenvalue weighted by Crippen LogP contribution is 2.29. The number of unbranched alkanes of at least 4 members (excludes halogenated alkanes) is 1. The van der Waals surface area contributed by atoms with E-state index in [4.69, 9.17) is 6.42 Å². The van der Waals surface area contributed by atoms with Gasteiger partial charge in [0.2, 0.25) is 0 Å². The predicted molar refractivity (Wildman–Crippen MR) is 68.4 cm³/mol. The number of fused-ring (bicyclic) bond motifs is 1. The number of hydrogen-bond acceptors (Lipinski definition) is 3. The van der Waals surface area contributed by atoms with E-state index in [9.17, 15) is 0 Å². The molecule has 1 aromatic carbocycles. The third-order valence-corrected chi connectivity index (χ3v) is 4.23. The van der Waals surface area contributed by atoms with Gasteiger partial charge in [0.15, 0.2) is 4.34 Å². The maximum absolute atomic E-state index is 5.20. The minimum absolute atomic E-state index is 0.859. The van der Waals surface area contributed by atoms with Gasteiger partial charge in [-0.1, -0.05) is 23.9 Å². The molecule has 0 aliphatic rings. The molecular formula is C12H11NS2. The Morgan fingerprint density at radius 2 is 2.27 bits per heavy atom. The van der Waals surface area contributed by atoms with Gasteiger partial charge in [0.05, 0.1) is 10.2 Å². The summed E-state index contributed by atoms with van der Waals surface area (Å²) >= 11 is 3.55. The lowest BCUT2D eigenvalue weighted by Gasteiger charge is -1.92. The van der Waals surface area contributed by atoms with Gasteiger partial charge in [-0.25, -0.2) is 4.98 Å². The Morgan fingerprint density at radius 1 is 1.40 bits per heavy atom. The first-order chi connectivity index (χ1) is 7.40. The van der Waals surface area contributed by atoms with Crippen molar-refractivity contribution in [2.45, 2.75) is 17.2 Å². The van der Waals surface area contributed by atoms with E-state index in [2.05, 4.69) is 23.0 Å². The van der Waals surface area contributed by atoms with Crippen LogP contribution in [0.3, 0.4) is 0 Å². The van der Waals surface area contributed by atoms with Crippen molar-refractivity contribution in [3.05, 3.63) is 24.3 Å². The minimum atomic E-state index is 0.859. The van der Waals surface area contributed by atoms with Crippen LogP contribution in [0.1, 0.15) is 12.8 Å². The highest BCUT2D eigenvalue weighted by atomic mass is 32.2. The van der Waals surface area contributed by atoms with Crippen LogP contribution in [0.5, 0.6) is 0 Å². The smallest absolute Gasteiger partial charge is 0.151 e. The molecule has 1 nitrogen and oxygen atoms in total. The quantitative estimate of drug-likeness (QED) is 0.452. The number of para-hydroxylation sites is 1. The van der Waals surface area contributed by atoms with Crippen LogP contribution >= 0.6 is 23.1 Å². The number of nitrogens with zero attached hydrogens (tertiary/aromatic N) is 1. The van der Waals surface area contributed by atoms with E-state index >= 15 is 0 Å². The molecule has 0 spiro atoms. The standard InChI is InChI=1S/C12H11NS2/c1-2-3-6-9-14-12-13-10-7-4-5-8-11(10)15-12/h1,4-5,7-8H,3,6,9H2. The number of benzene rings is 1. The van der Waals surface area contributed by atoms with Gasteiger partial charge in [0.25, 0.3) is 0 Å². The maximum atomic E-state index is 5.20. The summed E-state index contributed by atoms with van der Waals surface area (Å²) in [7, 11) is 0.